The topological polar surface area (TPSA) is 49.4 Å². The van der Waals surface area contributed by atoms with Gasteiger partial charge in [-0.1, -0.05) is 19.9 Å². The number of hydrogen-bond acceptors (Lipinski definition) is 3. The van der Waals surface area contributed by atoms with Crippen LogP contribution in [0.4, 0.5) is 0 Å². The molecule has 0 aromatic carbocycles. The number of carbonyl (C=O) groups excluding carboxylic acids is 2. The van der Waals surface area contributed by atoms with Crippen LogP contribution in [0, 0.1) is 11.3 Å². The number of allylic oxidation sites excluding steroid dienone is 3. The van der Waals surface area contributed by atoms with Gasteiger partial charge >= 0.3 is 0 Å². The Morgan fingerprint density at radius 2 is 2.10 bits per heavy atom. The maximum Gasteiger partial charge on any atom is 0.296 e. The van der Waals surface area contributed by atoms with Crippen molar-refractivity contribution in [2.75, 3.05) is 7.05 Å². The van der Waals surface area contributed by atoms with Crippen molar-refractivity contribution < 1.29 is 9.59 Å². The average Bonchev–Trinajstić information content (AvgIpc) is 2.77. The molecule has 1 amide bonds. The van der Waals surface area contributed by atoms with E-state index in [-0.39, 0.29) is 11.2 Å². The Balaban J connectivity index is 2.06. The van der Waals surface area contributed by atoms with E-state index in [1.54, 1.807) is 6.20 Å². The van der Waals surface area contributed by atoms with Gasteiger partial charge in [-0.3, -0.25) is 9.59 Å². The Morgan fingerprint density at radius 1 is 1.33 bits per heavy atom. The van der Waals surface area contributed by atoms with Crippen LogP contribution in [-0.2, 0) is 9.59 Å². The Kier molecular flexibility index (Phi) is 2.37. The molecule has 21 heavy (non-hydrogen) atoms. The van der Waals surface area contributed by atoms with E-state index in [0.29, 0.717) is 12.0 Å². The molecule has 4 rings (SSSR count). The molecule has 4 aliphatic rings. The fourth-order valence-electron chi connectivity index (χ4n) is 4.72. The number of amides is 1. The highest BCUT2D eigenvalue weighted by Gasteiger charge is 2.51. The van der Waals surface area contributed by atoms with E-state index in [1.807, 2.05) is 0 Å². The van der Waals surface area contributed by atoms with Gasteiger partial charge < -0.3 is 10.2 Å². The first-order chi connectivity index (χ1) is 9.95. The second kappa shape index (κ2) is 3.87. The minimum absolute atomic E-state index is 0.161. The molecular weight excluding hydrogens is 264 g/mol. The maximum absolute atomic E-state index is 12.6. The van der Waals surface area contributed by atoms with Crippen LogP contribution in [0.25, 0.3) is 0 Å². The molecule has 0 saturated heterocycles. The fraction of sp³-hybridized carbons (Fsp3) is 0.529. The second-order valence-corrected chi connectivity index (χ2v) is 6.87. The number of Topliss-reactive ketones (excluding diaryl/α,β-unsaturated/α-hetero) is 1. The molecule has 0 aromatic heterocycles. The van der Waals surface area contributed by atoms with Gasteiger partial charge in [0.2, 0.25) is 0 Å². The highest BCUT2D eigenvalue weighted by Crippen LogP contribution is 2.56. The third kappa shape index (κ3) is 1.40. The van der Waals surface area contributed by atoms with Gasteiger partial charge in [0.1, 0.15) is 0 Å². The minimum atomic E-state index is -0.504. The van der Waals surface area contributed by atoms with Crippen LogP contribution in [0.2, 0.25) is 0 Å². The van der Waals surface area contributed by atoms with Gasteiger partial charge in [-0.25, -0.2) is 0 Å². The molecule has 0 radical (unpaired) electrons. The lowest BCUT2D eigenvalue weighted by Crippen LogP contribution is -2.44. The van der Waals surface area contributed by atoms with Crippen molar-refractivity contribution in [3.8, 4) is 0 Å². The van der Waals surface area contributed by atoms with Crippen molar-refractivity contribution in [2.45, 2.75) is 39.2 Å². The molecule has 4 heteroatoms. The summed E-state index contributed by atoms with van der Waals surface area (Å²) >= 11 is 0. The first kappa shape index (κ1) is 12.9. The van der Waals surface area contributed by atoms with E-state index < -0.39 is 5.91 Å². The Labute approximate surface area is 124 Å². The summed E-state index contributed by atoms with van der Waals surface area (Å²) in [7, 11) is 2.14. The van der Waals surface area contributed by atoms with E-state index >= 15 is 0 Å². The molecule has 3 atom stereocenters. The molecule has 0 aromatic rings. The van der Waals surface area contributed by atoms with E-state index in [1.165, 1.54) is 11.3 Å². The van der Waals surface area contributed by atoms with Gasteiger partial charge in [0.15, 0.2) is 0 Å². The van der Waals surface area contributed by atoms with Crippen LogP contribution < -0.4 is 5.32 Å². The SMILES string of the molecule is CC1C2CC3=C(CCC4=C3C(=O)C(=O)NC=CC41C)N2C. The second-order valence-electron chi connectivity index (χ2n) is 6.87. The molecule has 0 spiro atoms. The standard InChI is InChI=1S/C17H20N2O2/c1-9-13-8-10-12(19(13)3)5-4-11-14(10)15(20)16(21)18-7-6-17(9,11)2/h6-7,9,13H,4-5,8H2,1-3H3,(H,18,21). The lowest BCUT2D eigenvalue weighted by Gasteiger charge is -2.45. The highest BCUT2D eigenvalue weighted by molar-refractivity contribution is 6.44. The van der Waals surface area contributed by atoms with Crippen LogP contribution in [0.5, 0.6) is 0 Å². The minimum Gasteiger partial charge on any atom is -0.374 e. The predicted octanol–water partition coefficient (Wildman–Crippen LogP) is 1.90. The molecule has 4 nitrogen and oxygen atoms in total. The zero-order valence-electron chi connectivity index (χ0n) is 12.7. The average molecular weight is 284 g/mol. The fourth-order valence-corrected chi connectivity index (χ4v) is 4.72. The predicted molar refractivity (Wildman–Crippen MR) is 79.0 cm³/mol. The van der Waals surface area contributed by atoms with Gasteiger partial charge in [0, 0.05) is 36.0 Å². The number of carbonyl (C=O) groups is 2. The summed E-state index contributed by atoms with van der Waals surface area (Å²) in [6, 6.07) is 0.415. The molecule has 110 valence electrons. The number of hydrogen-bond donors (Lipinski definition) is 1. The molecule has 2 aliphatic heterocycles. The van der Waals surface area contributed by atoms with Crippen LogP contribution in [0.15, 0.2) is 34.7 Å². The Hall–Kier alpha value is -1.84. The first-order valence-corrected chi connectivity index (χ1v) is 7.67. The van der Waals surface area contributed by atoms with Gasteiger partial charge in [-0.2, -0.15) is 0 Å². The van der Waals surface area contributed by atoms with E-state index in [2.05, 4.69) is 37.2 Å². The summed E-state index contributed by atoms with van der Waals surface area (Å²) < 4.78 is 0. The largest absolute Gasteiger partial charge is 0.374 e. The smallest absolute Gasteiger partial charge is 0.296 e. The van der Waals surface area contributed by atoms with Crippen molar-refractivity contribution in [1.82, 2.24) is 10.2 Å². The van der Waals surface area contributed by atoms with Gasteiger partial charge in [0.05, 0.1) is 0 Å². The molecular formula is C17H20N2O2. The molecule has 2 heterocycles. The Morgan fingerprint density at radius 3 is 2.86 bits per heavy atom. The number of fused-ring (bicyclic) bond motifs is 1. The maximum atomic E-state index is 12.6. The normalized spacial score (nSPS) is 37.8. The number of ketones is 1. The van der Waals surface area contributed by atoms with E-state index in [4.69, 9.17) is 0 Å². The van der Waals surface area contributed by atoms with Crippen LogP contribution in [0.3, 0.4) is 0 Å². The van der Waals surface area contributed by atoms with Crippen LogP contribution in [0.1, 0.15) is 33.1 Å². The first-order valence-electron chi connectivity index (χ1n) is 7.67. The molecule has 2 aliphatic carbocycles. The number of nitrogens with one attached hydrogen (secondary N) is 1. The summed E-state index contributed by atoms with van der Waals surface area (Å²) in [4.78, 5) is 27.0. The summed E-state index contributed by atoms with van der Waals surface area (Å²) in [6.07, 6.45) is 6.54. The molecule has 0 fully saturated rings. The number of rotatable bonds is 0. The molecule has 3 unspecified atom stereocenters. The summed E-state index contributed by atoms with van der Waals surface area (Å²) in [5, 5.41) is 2.63. The van der Waals surface area contributed by atoms with Crippen molar-refractivity contribution in [2.24, 2.45) is 11.3 Å². The number of nitrogens with zero attached hydrogens (tertiary/aromatic N) is 1. The number of likely N-dealkylation sites (tertiary alicyclic amines) is 1. The van der Waals surface area contributed by atoms with Crippen molar-refractivity contribution >= 4 is 11.7 Å². The van der Waals surface area contributed by atoms with Gasteiger partial charge in [-0.15, -0.1) is 0 Å². The molecule has 5 bridgehead atoms. The van der Waals surface area contributed by atoms with E-state index in [0.717, 1.165) is 30.4 Å². The van der Waals surface area contributed by atoms with Crippen molar-refractivity contribution in [3.05, 3.63) is 34.7 Å². The monoisotopic (exact) mass is 284 g/mol. The third-order valence-electron chi connectivity index (χ3n) is 6.15. The molecule has 1 N–H and O–H groups in total. The summed E-state index contributed by atoms with van der Waals surface area (Å²) in [5.74, 6) is -0.451. The lowest BCUT2D eigenvalue weighted by atomic mass is 9.65. The van der Waals surface area contributed by atoms with Crippen LogP contribution in [-0.4, -0.2) is 29.7 Å². The van der Waals surface area contributed by atoms with Crippen LogP contribution >= 0.6 is 0 Å². The van der Waals surface area contributed by atoms with E-state index in [9.17, 15) is 9.59 Å². The lowest BCUT2D eigenvalue weighted by molar-refractivity contribution is -0.135. The zero-order valence-corrected chi connectivity index (χ0v) is 12.7. The summed E-state index contributed by atoms with van der Waals surface area (Å²) in [5.41, 5.74) is 4.15. The van der Waals surface area contributed by atoms with Crippen molar-refractivity contribution in [1.29, 1.82) is 0 Å². The summed E-state index contributed by atoms with van der Waals surface area (Å²) in [6.45, 7) is 4.49. The van der Waals surface area contributed by atoms with Gasteiger partial charge in [-0.05, 0) is 36.3 Å². The zero-order chi connectivity index (χ0) is 14.9. The Bertz CT molecular complexity index is 670. The van der Waals surface area contributed by atoms with Gasteiger partial charge in [0.25, 0.3) is 11.7 Å². The quantitative estimate of drug-likeness (QED) is 0.691. The van der Waals surface area contributed by atoms with Crippen molar-refractivity contribution in [3.63, 3.8) is 0 Å². The highest BCUT2D eigenvalue weighted by atomic mass is 16.2. The third-order valence-corrected chi connectivity index (χ3v) is 6.15. The molecule has 0 saturated carbocycles.